The number of amides is 1. The summed E-state index contributed by atoms with van der Waals surface area (Å²) in [6.07, 6.45) is -3.36. The minimum absolute atomic E-state index is 0.197. The van der Waals surface area contributed by atoms with Crippen molar-refractivity contribution in [3.63, 3.8) is 0 Å². The minimum atomic E-state index is -4.63. The molecule has 1 saturated heterocycles. The van der Waals surface area contributed by atoms with Crippen molar-refractivity contribution in [2.24, 2.45) is 0 Å². The van der Waals surface area contributed by atoms with Gasteiger partial charge in [-0.2, -0.15) is 13.2 Å². The van der Waals surface area contributed by atoms with E-state index in [1.54, 1.807) is 0 Å². The number of hydrogen-bond donors (Lipinski definition) is 2. The number of halogens is 3. The lowest BCUT2D eigenvalue weighted by molar-refractivity contribution is -0.146. The maximum absolute atomic E-state index is 13.2. The van der Waals surface area contributed by atoms with Crippen LogP contribution in [0.15, 0.2) is 24.3 Å². The number of nitrogens with zero attached hydrogens (tertiary/aromatic N) is 1. The summed E-state index contributed by atoms with van der Waals surface area (Å²) in [5.74, 6) is -1.58. The van der Waals surface area contributed by atoms with Crippen LogP contribution >= 0.6 is 0 Å². The number of nitrogens with one attached hydrogen (secondary N) is 1. The Kier molecular flexibility index (Phi) is 5.48. The molecule has 0 aliphatic carbocycles. The highest BCUT2D eigenvalue weighted by molar-refractivity contribution is 5.76. The van der Waals surface area contributed by atoms with Crippen molar-refractivity contribution in [2.75, 3.05) is 13.1 Å². The van der Waals surface area contributed by atoms with Gasteiger partial charge in [0.2, 0.25) is 5.91 Å². The average molecular weight is 344 g/mol. The van der Waals surface area contributed by atoms with E-state index in [1.807, 2.05) is 0 Å². The van der Waals surface area contributed by atoms with Gasteiger partial charge in [0.1, 0.15) is 6.04 Å². The van der Waals surface area contributed by atoms with Crippen LogP contribution in [0.5, 0.6) is 0 Å². The van der Waals surface area contributed by atoms with E-state index in [-0.39, 0.29) is 24.1 Å². The Balaban J connectivity index is 2.34. The summed E-state index contributed by atoms with van der Waals surface area (Å²) < 4.78 is 39.7. The fourth-order valence-corrected chi connectivity index (χ4v) is 3.13. The van der Waals surface area contributed by atoms with E-state index in [4.69, 9.17) is 0 Å². The van der Waals surface area contributed by atoms with E-state index >= 15 is 0 Å². The Bertz CT molecular complexity index is 619. The number of hydrogen-bond acceptors (Lipinski definition) is 3. The summed E-state index contributed by atoms with van der Waals surface area (Å²) in [6.45, 7) is 1.91. The molecule has 8 heteroatoms. The molecule has 1 aliphatic rings. The van der Waals surface area contributed by atoms with Gasteiger partial charge in [-0.1, -0.05) is 18.2 Å². The Hall–Kier alpha value is -2.09. The van der Waals surface area contributed by atoms with Crippen LogP contribution < -0.4 is 5.32 Å². The van der Waals surface area contributed by atoms with Crippen LogP contribution in [0.25, 0.3) is 0 Å². The Morgan fingerprint density at radius 2 is 2.00 bits per heavy atom. The maximum atomic E-state index is 13.2. The molecule has 5 nitrogen and oxygen atoms in total. The molecule has 1 aromatic carbocycles. The van der Waals surface area contributed by atoms with Crippen molar-refractivity contribution in [1.82, 2.24) is 10.2 Å². The average Bonchev–Trinajstić information content (AvgIpc) is 2.46. The SMILES string of the molecule is CC(=O)NC1CCCN(C(C(=O)O)c2ccccc2C(F)(F)F)C1. The van der Waals surface area contributed by atoms with Crippen molar-refractivity contribution in [1.29, 1.82) is 0 Å². The highest BCUT2D eigenvalue weighted by Gasteiger charge is 2.40. The number of alkyl halides is 3. The zero-order valence-electron chi connectivity index (χ0n) is 13.1. The van der Waals surface area contributed by atoms with E-state index in [0.29, 0.717) is 19.4 Å². The summed E-state index contributed by atoms with van der Waals surface area (Å²) in [7, 11) is 0. The molecule has 1 heterocycles. The number of aliphatic carboxylic acids is 1. The second-order valence-electron chi connectivity index (χ2n) is 5.86. The molecule has 0 bridgehead atoms. The van der Waals surface area contributed by atoms with Crippen molar-refractivity contribution in [3.8, 4) is 0 Å². The van der Waals surface area contributed by atoms with Gasteiger partial charge in [-0.25, -0.2) is 0 Å². The van der Waals surface area contributed by atoms with Gasteiger partial charge in [0.15, 0.2) is 0 Å². The van der Waals surface area contributed by atoms with Gasteiger partial charge in [0.25, 0.3) is 0 Å². The minimum Gasteiger partial charge on any atom is -0.480 e. The molecule has 2 atom stereocenters. The molecular formula is C16H19F3N2O3. The van der Waals surface area contributed by atoms with E-state index < -0.39 is 23.8 Å². The second-order valence-corrected chi connectivity index (χ2v) is 5.86. The zero-order valence-corrected chi connectivity index (χ0v) is 13.1. The van der Waals surface area contributed by atoms with Gasteiger partial charge in [-0.05, 0) is 31.0 Å². The Morgan fingerprint density at radius 1 is 1.33 bits per heavy atom. The summed E-state index contributed by atoms with van der Waals surface area (Å²) >= 11 is 0. The number of piperidine rings is 1. The molecule has 24 heavy (non-hydrogen) atoms. The highest BCUT2D eigenvalue weighted by Crippen LogP contribution is 2.37. The van der Waals surface area contributed by atoms with Crippen molar-refractivity contribution in [3.05, 3.63) is 35.4 Å². The van der Waals surface area contributed by atoms with Gasteiger partial charge >= 0.3 is 12.1 Å². The predicted octanol–water partition coefficient (Wildman–Crippen LogP) is 2.43. The number of likely N-dealkylation sites (tertiary alicyclic amines) is 1. The predicted molar refractivity (Wildman–Crippen MR) is 80.2 cm³/mol. The van der Waals surface area contributed by atoms with Crippen LogP contribution in [0.1, 0.15) is 36.9 Å². The van der Waals surface area contributed by atoms with Crippen LogP contribution in [-0.2, 0) is 15.8 Å². The molecule has 1 amide bonds. The topological polar surface area (TPSA) is 69.6 Å². The third-order valence-corrected chi connectivity index (χ3v) is 4.02. The number of carbonyl (C=O) groups excluding carboxylic acids is 1. The largest absolute Gasteiger partial charge is 0.480 e. The quantitative estimate of drug-likeness (QED) is 0.880. The lowest BCUT2D eigenvalue weighted by Crippen LogP contribution is -2.49. The van der Waals surface area contributed by atoms with Crippen LogP contribution in [0.4, 0.5) is 13.2 Å². The third kappa shape index (κ3) is 4.25. The summed E-state index contributed by atoms with van der Waals surface area (Å²) in [4.78, 5) is 24.4. The number of carbonyl (C=O) groups is 2. The van der Waals surface area contributed by atoms with E-state index in [2.05, 4.69) is 5.32 Å². The van der Waals surface area contributed by atoms with E-state index in [9.17, 15) is 27.9 Å². The Morgan fingerprint density at radius 3 is 2.58 bits per heavy atom. The molecule has 1 aromatic rings. The van der Waals surface area contributed by atoms with Gasteiger partial charge < -0.3 is 10.4 Å². The van der Waals surface area contributed by atoms with Gasteiger partial charge in [0.05, 0.1) is 5.56 Å². The first-order valence-corrected chi connectivity index (χ1v) is 7.60. The fraction of sp³-hybridized carbons (Fsp3) is 0.500. The molecule has 2 unspecified atom stereocenters. The van der Waals surface area contributed by atoms with Crippen LogP contribution in [-0.4, -0.2) is 41.0 Å². The van der Waals surface area contributed by atoms with Crippen LogP contribution in [0.2, 0.25) is 0 Å². The molecule has 0 aromatic heterocycles. The Labute approximate surface area is 137 Å². The molecule has 0 spiro atoms. The molecule has 2 N–H and O–H groups in total. The maximum Gasteiger partial charge on any atom is 0.416 e. The summed E-state index contributed by atoms with van der Waals surface area (Å²) in [5, 5.41) is 12.2. The van der Waals surface area contributed by atoms with Gasteiger partial charge in [0, 0.05) is 19.5 Å². The van der Waals surface area contributed by atoms with Crippen molar-refractivity contribution >= 4 is 11.9 Å². The van der Waals surface area contributed by atoms with E-state index in [0.717, 1.165) is 6.07 Å². The third-order valence-electron chi connectivity index (χ3n) is 4.02. The number of carboxylic acid groups (broad SMARTS) is 1. The lowest BCUT2D eigenvalue weighted by atomic mass is 9.95. The standard InChI is InChI=1S/C16H19F3N2O3/c1-10(22)20-11-5-4-8-21(9-11)14(15(23)24)12-6-2-3-7-13(12)16(17,18)19/h2-3,6-7,11,14H,4-5,8-9H2,1H3,(H,20,22)(H,23,24). The molecule has 1 fully saturated rings. The smallest absolute Gasteiger partial charge is 0.416 e. The molecule has 0 radical (unpaired) electrons. The zero-order chi connectivity index (χ0) is 17.9. The molecule has 1 aliphatic heterocycles. The molecule has 2 rings (SSSR count). The molecular weight excluding hydrogens is 325 g/mol. The monoisotopic (exact) mass is 344 g/mol. The first kappa shape index (κ1) is 18.3. The molecule has 0 saturated carbocycles. The summed E-state index contributed by atoms with van der Waals surface area (Å²) in [6, 6.07) is 3.05. The van der Waals surface area contributed by atoms with E-state index in [1.165, 1.54) is 30.0 Å². The normalized spacial score (nSPS) is 20.4. The fourth-order valence-electron chi connectivity index (χ4n) is 3.13. The number of rotatable bonds is 4. The van der Waals surface area contributed by atoms with Crippen molar-refractivity contribution < 1.29 is 27.9 Å². The first-order valence-electron chi connectivity index (χ1n) is 7.60. The second kappa shape index (κ2) is 7.21. The van der Waals surface area contributed by atoms with Gasteiger partial charge in [-0.3, -0.25) is 14.5 Å². The number of benzene rings is 1. The van der Waals surface area contributed by atoms with Crippen LogP contribution in [0.3, 0.4) is 0 Å². The van der Waals surface area contributed by atoms with Gasteiger partial charge in [-0.15, -0.1) is 0 Å². The first-order chi connectivity index (χ1) is 11.2. The summed E-state index contributed by atoms with van der Waals surface area (Å²) in [5.41, 5.74) is -1.22. The highest BCUT2D eigenvalue weighted by atomic mass is 19.4. The van der Waals surface area contributed by atoms with Crippen molar-refractivity contribution in [2.45, 2.75) is 38.0 Å². The number of carboxylic acids is 1. The molecule has 132 valence electrons. The lowest BCUT2D eigenvalue weighted by Gasteiger charge is -2.37. The van der Waals surface area contributed by atoms with Crippen LogP contribution in [0, 0.1) is 0 Å².